The van der Waals surface area contributed by atoms with E-state index in [-0.39, 0.29) is 23.7 Å². The molecule has 0 unspecified atom stereocenters. The van der Waals surface area contributed by atoms with Crippen LogP contribution < -0.4 is 0 Å². The van der Waals surface area contributed by atoms with Crippen molar-refractivity contribution in [3.8, 4) is 0 Å². The van der Waals surface area contributed by atoms with E-state index in [0.29, 0.717) is 19.6 Å². The largest absolute Gasteiger partial charge is 0.466 e. The van der Waals surface area contributed by atoms with Crippen LogP contribution in [0.4, 0.5) is 8.78 Å². The number of piperidine rings is 1. The molecular weight excluding hydrogens is 460 g/mol. The van der Waals surface area contributed by atoms with Crippen molar-refractivity contribution in [2.75, 3.05) is 32.8 Å². The molecule has 0 amide bonds. The fourth-order valence-electron chi connectivity index (χ4n) is 4.92. The lowest BCUT2D eigenvalue weighted by molar-refractivity contribution is -0.143. The third-order valence-electron chi connectivity index (χ3n) is 7.04. The normalized spacial score (nSPS) is 14.9. The number of carbonyl (C=O) groups excluding carboxylic acids is 1. The number of esters is 1. The van der Waals surface area contributed by atoms with Crippen molar-refractivity contribution in [2.45, 2.75) is 70.8 Å². The maximum atomic E-state index is 13.4. The Hall–Kier alpha value is -2.31. The van der Waals surface area contributed by atoms with Gasteiger partial charge in [0.05, 0.1) is 13.2 Å². The average molecular weight is 502 g/mol. The van der Waals surface area contributed by atoms with Crippen molar-refractivity contribution in [3.05, 3.63) is 71.3 Å². The zero-order chi connectivity index (χ0) is 25.6. The first kappa shape index (κ1) is 28.3. The van der Waals surface area contributed by atoms with Gasteiger partial charge in [0, 0.05) is 13.0 Å². The summed E-state index contributed by atoms with van der Waals surface area (Å²) in [7, 11) is 0. The lowest BCUT2D eigenvalue weighted by Gasteiger charge is -2.32. The first-order valence-corrected chi connectivity index (χ1v) is 13.6. The maximum absolute atomic E-state index is 13.4. The Bertz CT molecular complexity index is 835. The highest BCUT2D eigenvalue weighted by Gasteiger charge is 2.20. The molecule has 0 bridgehead atoms. The summed E-state index contributed by atoms with van der Waals surface area (Å²) in [5.41, 5.74) is 1.73. The second-order valence-corrected chi connectivity index (χ2v) is 9.75. The number of nitrogens with zero attached hydrogens (tertiary/aromatic N) is 1. The number of likely N-dealkylation sites (tertiary alicyclic amines) is 1. The smallest absolute Gasteiger partial charge is 0.305 e. The Kier molecular flexibility index (Phi) is 12.3. The predicted molar refractivity (Wildman–Crippen MR) is 139 cm³/mol. The standard InChI is InChI=1S/C30H41F2NO3/c1-2-35-29(34)9-7-5-3-4-6-8-24-18-20-33(21-19-24)22-23-36-30(25-10-14-27(31)15-11-25)26-12-16-28(32)17-13-26/h10-17,24,30H,2-9,18-23H2,1H3. The van der Waals surface area contributed by atoms with Crippen LogP contribution in [0.25, 0.3) is 0 Å². The van der Waals surface area contributed by atoms with Crippen LogP contribution >= 0.6 is 0 Å². The summed E-state index contributed by atoms with van der Waals surface area (Å²) in [6.07, 6.45) is 9.68. The topological polar surface area (TPSA) is 38.8 Å². The first-order chi connectivity index (χ1) is 17.5. The molecule has 0 saturated carbocycles. The van der Waals surface area contributed by atoms with E-state index in [2.05, 4.69) is 4.90 Å². The van der Waals surface area contributed by atoms with Gasteiger partial charge in [-0.2, -0.15) is 0 Å². The molecular formula is C30H41F2NO3. The highest BCUT2D eigenvalue weighted by atomic mass is 19.1. The van der Waals surface area contributed by atoms with Gasteiger partial charge in [-0.1, -0.05) is 56.4 Å². The highest BCUT2D eigenvalue weighted by molar-refractivity contribution is 5.69. The molecule has 1 aliphatic heterocycles. The molecule has 0 radical (unpaired) electrons. The Morgan fingerprint density at radius 1 is 0.889 bits per heavy atom. The van der Waals surface area contributed by atoms with Crippen LogP contribution in [-0.4, -0.2) is 43.7 Å². The third kappa shape index (κ3) is 9.98. The van der Waals surface area contributed by atoms with Crippen LogP contribution in [0.5, 0.6) is 0 Å². The number of halogens is 2. The van der Waals surface area contributed by atoms with Gasteiger partial charge in [0.15, 0.2) is 0 Å². The molecule has 2 aromatic carbocycles. The Morgan fingerprint density at radius 3 is 2.03 bits per heavy atom. The number of benzene rings is 2. The molecule has 1 saturated heterocycles. The van der Waals surface area contributed by atoms with Gasteiger partial charge in [-0.05, 0) is 80.6 Å². The molecule has 1 heterocycles. The number of rotatable bonds is 15. The van der Waals surface area contributed by atoms with Crippen LogP contribution in [0.2, 0.25) is 0 Å². The molecule has 4 nitrogen and oxygen atoms in total. The molecule has 0 aliphatic carbocycles. The number of hydrogen-bond donors (Lipinski definition) is 0. The molecule has 0 aromatic heterocycles. The molecule has 1 fully saturated rings. The van der Waals surface area contributed by atoms with Crippen LogP contribution in [-0.2, 0) is 14.3 Å². The summed E-state index contributed by atoms with van der Waals surface area (Å²) in [6, 6.07) is 12.7. The van der Waals surface area contributed by atoms with E-state index >= 15 is 0 Å². The van der Waals surface area contributed by atoms with Gasteiger partial charge in [-0.25, -0.2) is 8.78 Å². The second kappa shape index (κ2) is 15.7. The summed E-state index contributed by atoms with van der Waals surface area (Å²) < 4.78 is 38.0. The molecule has 2 aromatic rings. The monoisotopic (exact) mass is 501 g/mol. The number of ether oxygens (including phenoxy) is 2. The van der Waals surface area contributed by atoms with Gasteiger partial charge < -0.3 is 14.4 Å². The van der Waals surface area contributed by atoms with Crippen molar-refractivity contribution in [2.24, 2.45) is 5.92 Å². The molecule has 6 heteroatoms. The predicted octanol–water partition coefficient (Wildman–Crippen LogP) is 7.08. The molecule has 198 valence electrons. The zero-order valence-electron chi connectivity index (χ0n) is 21.6. The van der Waals surface area contributed by atoms with Gasteiger partial charge in [0.2, 0.25) is 0 Å². The molecule has 0 N–H and O–H groups in total. The summed E-state index contributed by atoms with van der Waals surface area (Å²) in [4.78, 5) is 13.8. The van der Waals surface area contributed by atoms with E-state index in [0.717, 1.165) is 49.5 Å². The van der Waals surface area contributed by atoms with Gasteiger partial charge in [0.25, 0.3) is 0 Å². The molecule has 1 aliphatic rings. The van der Waals surface area contributed by atoms with Gasteiger partial charge >= 0.3 is 5.97 Å². The first-order valence-electron chi connectivity index (χ1n) is 13.6. The third-order valence-corrected chi connectivity index (χ3v) is 7.04. The van der Waals surface area contributed by atoms with Crippen LogP contribution in [0.1, 0.15) is 81.9 Å². The van der Waals surface area contributed by atoms with E-state index in [4.69, 9.17) is 9.47 Å². The molecule has 0 spiro atoms. The summed E-state index contributed by atoms with van der Waals surface area (Å²) in [6.45, 7) is 5.91. The van der Waals surface area contributed by atoms with Crippen LogP contribution in [0.15, 0.2) is 48.5 Å². The lowest BCUT2D eigenvalue weighted by Crippen LogP contribution is -2.36. The number of carbonyl (C=O) groups is 1. The Balaban J connectivity index is 1.32. The number of unbranched alkanes of at least 4 members (excludes halogenated alkanes) is 4. The molecule has 0 atom stereocenters. The number of hydrogen-bond acceptors (Lipinski definition) is 4. The summed E-state index contributed by atoms with van der Waals surface area (Å²) >= 11 is 0. The summed E-state index contributed by atoms with van der Waals surface area (Å²) in [5.74, 6) is 0.158. The Labute approximate surface area is 215 Å². The summed E-state index contributed by atoms with van der Waals surface area (Å²) in [5, 5.41) is 0. The minimum absolute atomic E-state index is 0.0731. The minimum atomic E-state index is -0.346. The van der Waals surface area contributed by atoms with Crippen molar-refractivity contribution in [1.82, 2.24) is 4.90 Å². The SMILES string of the molecule is CCOC(=O)CCCCCCCC1CCN(CCOC(c2ccc(F)cc2)c2ccc(F)cc2)CC1. The van der Waals surface area contributed by atoms with Crippen molar-refractivity contribution >= 4 is 5.97 Å². The van der Waals surface area contributed by atoms with E-state index < -0.39 is 0 Å². The van der Waals surface area contributed by atoms with Crippen LogP contribution in [0, 0.1) is 17.6 Å². The molecule has 3 rings (SSSR count). The fourth-order valence-corrected chi connectivity index (χ4v) is 4.92. The van der Waals surface area contributed by atoms with Crippen molar-refractivity contribution < 1.29 is 23.0 Å². The Morgan fingerprint density at radius 2 is 1.44 bits per heavy atom. The lowest BCUT2D eigenvalue weighted by atomic mass is 9.91. The van der Waals surface area contributed by atoms with E-state index in [9.17, 15) is 13.6 Å². The van der Waals surface area contributed by atoms with Gasteiger partial charge in [0.1, 0.15) is 17.7 Å². The van der Waals surface area contributed by atoms with Gasteiger partial charge in [-0.15, -0.1) is 0 Å². The van der Waals surface area contributed by atoms with Crippen molar-refractivity contribution in [1.29, 1.82) is 0 Å². The van der Waals surface area contributed by atoms with E-state index in [1.807, 2.05) is 6.92 Å². The van der Waals surface area contributed by atoms with E-state index in [1.54, 1.807) is 24.3 Å². The van der Waals surface area contributed by atoms with Gasteiger partial charge in [-0.3, -0.25) is 4.79 Å². The highest BCUT2D eigenvalue weighted by Crippen LogP contribution is 2.27. The minimum Gasteiger partial charge on any atom is -0.466 e. The fraction of sp³-hybridized carbons (Fsp3) is 0.567. The molecule has 36 heavy (non-hydrogen) atoms. The van der Waals surface area contributed by atoms with E-state index in [1.165, 1.54) is 62.8 Å². The zero-order valence-corrected chi connectivity index (χ0v) is 21.6. The quantitative estimate of drug-likeness (QED) is 0.193. The van der Waals surface area contributed by atoms with Crippen molar-refractivity contribution in [3.63, 3.8) is 0 Å². The second-order valence-electron chi connectivity index (χ2n) is 9.75. The average Bonchev–Trinajstić information content (AvgIpc) is 2.88. The maximum Gasteiger partial charge on any atom is 0.305 e. The van der Waals surface area contributed by atoms with Crippen LogP contribution in [0.3, 0.4) is 0 Å².